The number of hydrogen-bond acceptors (Lipinski definition) is 2. The van der Waals surface area contributed by atoms with Crippen molar-refractivity contribution in [2.24, 2.45) is 11.8 Å². The molecule has 1 heterocycles. The number of rotatable bonds is 10. The number of nitrogens with zero attached hydrogens (tertiary/aromatic N) is 2. The molecule has 0 saturated heterocycles. The molecule has 1 aliphatic rings. The fourth-order valence-corrected chi connectivity index (χ4v) is 4.58. The third-order valence-corrected chi connectivity index (χ3v) is 6.61. The Hall–Kier alpha value is -1.70. The van der Waals surface area contributed by atoms with E-state index in [4.69, 9.17) is 0 Å². The second-order valence-electron chi connectivity index (χ2n) is 8.74. The van der Waals surface area contributed by atoms with Crippen molar-refractivity contribution < 1.29 is 0 Å². The molecule has 0 radical (unpaired) electrons. The first-order valence-electron chi connectivity index (χ1n) is 11.7. The van der Waals surface area contributed by atoms with Crippen LogP contribution in [0.3, 0.4) is 0 Å². The molecule has 0 amide bonds. The molecule has 0 N–H and O–H groups in total. The summed E-state index contributed by atoms with van der Waals surface area (Å²) in [5, 5.41) is 8.63. The molecule has 3 rings (SSSR count). The molecule has 2 nitrogen and oxygen atoms in total. The molecule has 152 valence electrons. The van der Waals surface area contributed by atoms with Gasteiger partial charge in [0.25, 0.3) is 0 Å². The summed E-state index contributed by atoms with van der Waals surface area (Å²) in [6.07, 6.45) is 16.5. The Morgan fingerprint density at radius 3 is 2.07 bits per heavy atom. The highest BCUT2D eigenvalue weighted by Crippen LogP contribution is 2.34. The number of hydrogen-bond donors (Lipinski definition) is 0. The smallest absolute Gasteiger partial charge is 0.0929 e. The van der Waals surface area contributed by atoms with E-state index in [0.717, 1.165) is 29.6 Å². The summed E-state index contributed by atoms with van der Waals surface area (Å²) in [6, 6.07) is 13.1. The van der Waals surface area contributed by atoms with E-state index in [1.807, 2.05) is 0 Å². The van der Waals surface area contributed by atoms with Crippen LogP contribution in [-0.2, 0) is 12.8 Å². The first-order chi connectivity index (χ1) is 13.8. The van der Waals surface area contributed by atoms with Gasteiger partial charge in [-0.2, -0.15) is 10.2 Å². The third kappa shape index (κ3) is 6.43. The van der Waals surface area contributed by atoms with Gasteiger partial charge in [-0.05, 0) is 48.8 Å². The highest BCUT2D eigenvalue weighted by Gasteiger charge is 2.20. The van der Waals surface area contributed by atoms with Crippen molar-refractivity contribution in [3.63, 3.8) is 0 Å². The Balaban J connectivity index is 1.39. The Bertz CT molecular complexity index is 667. The molecule has 1 saturated carbocycles. The maximum absolute atomic E-state index is 4.36. The zero-order valence-corrected chi connectivity index (χ0v) is 18.0. The van der Waals surface area contributed by atoms with Gasteiger partial charge < -0.3 is 0 Å². The van der Waals surface area contributed by atoms with Crippen LogP contribution >= 0.6 is 0 Å². The Morgan fingerprint density at radius 2 is 1.46 bits per heavy atom. The average Bonchev–Trinajstić information content (AvgIpc) is 2.76. The molecule has 0 unspecified atom stereocenters. The minimum absolute atomic E-state index is 0.937. The molecule has 0 spiro atoms. The lowest BCUT2D eigenvalue weighted by Gasteiger charge is -2.28. The molecule has 0 aliphatic heterocycles. The Kier molecular flexibility index (Phi) is 8.51. The second-order valence-corrected chi connectivity index (χ2v) is 8.74. The van der Waals surface area contributed by atoms with Gasteiger partial charge in [0.15, 0.2) is 0 Å². The van der Waals surface area contributed by atoms with Crippen LogP contribution in [0.1, 0.15) is 89.3 Å². The van der Waals surface area contributed by atoms with E-state index in [2.05, 4.69) is 60.4 Å². The lowest BCUT2D eigenvalue weighted by Crippen LogP contribution is -2.15. The largest absolute Gasteiger partial charge is 0.155 e. The fourth-order valence-electron chi connectivity index (χ4n) is 4.58. The quantitative estimate of drug-likeness (QED) is 0.402. The van der Waals surface area contributed by atoms with Crippen molar-refractivity contribution in [3.05, 3.63) is 47.7 Å². The van der Waals surface area contributed by atoms with Crippen LogP contribution in [0.15, 0.2) is 36.4 Å². The summed E-state index contributed by atoms with van der Waals surface area (Å²) >= 11 is 0. The van der Waals surface area contributed by atoms with E-state index in [9.17, 15) is 0 Å². The van der Waals surface area contributed by atoms with Gasteiger partial charge in [-0.1, -0.05) is 95.9 Å². The van der Waals surface area contributed by atoms with Crippen molar-refractivity contribution in [3.8, 4) is 11.3 Å². The average molecular weight is 379 g/mol. The van der Waals surface area contributed by atoms with Crippen LogP contribution in [0.2, 0.25) is 0 Å². The summed E-state index contributed by atoms with van der Waals surface area (Å²) in [6.45, 7) is 4.41. The molecule has 0 atom stereocenters. The maximum atomic E-state index is 4.36. The molecule has 28 heavy (non-hydrogen) atoms. The predicted octanol–water partition coefficient (Wildman–Crippen LogP) is 7.42. The highest BCUT2D eigenvalue weighted by molar-refractivity contribution is 5.58. The van der Waals surface area contributed by atoms with Crippen LogP contribution in [0.5, 0.6) is 0 Å². The summed E-state index contributed by atoms with van der Waals surface area (Å²) in [4.78, 5) is 0. The van der Waals surface area contributed by atoms with Gasteiger partial charge >= 0.3 is 0 Å². The minimum atomic E-state index is 0.937. The molecule has 1 aliphatic carbocycles. The summed E-state index contributed by atoms with van der Waals surface area (Å²) in [5.74, 6) is 1.96. The molecule has 0 bridgehead atoms. The monoisotopic (exact) mass is 378 g/mol. The number of benzene rings is 1. The molecule has 1 aromatic carbocycles. The zero-order chi connectivity index (χ0) is 19.6. The topological polar surface area (TPSA) is 25.8 Å². The second kappa shape index (κ2) is 11.3. The summed E-state index contributed by atoms with van der Waals surface area (Å²) in [5.41, 5.74) is 4.66. The van der Waals surface area contributed by atoms with Crippen LogP contribution in [0.4, 0.5) is 0 Å². The maximum Gasteiger partial charge on any atom is 0.0929 e. The van der Waals surface area contributed by atoms with Crippen molar-refractivity contribution in [2.45, 2.75) is 90.9 Å². The number of aromatic nitrogens is 2. The van der Waals surface area contributed by atoms with Gasteiger partial charge in [0.2, 0.25) is 0 Å². The van der Waals surface area contributed by atoms with Gasteiger partial charge in [0.1, 0.15) is 0 Å². The van der Waals surface area contributed by atoms with Crippen molar-refractivity contribution >= 4 is 0 Å². The molecule has 2 aromatic rings. The van der Waals surface area contributed by atoms with E-state index in [1.165, 1.54) is 81.8 Å². The predicted molar refractivity (Wildman–Crippen MR) is 119 cm³/mol. The molecule has 1 fully saturated rings. The zero-order valence-electron chi connectivity index (χ0n) is 18.0. The van der Waals surface area contributed by atoms with Gasteiger partial charge in [-0.15, -0.1) is 0 Å². The molecule has 2 heteroatoms. The van der Waals surface area contributed by atoms with Crippen LogP contribution in [-0.4, -0.2) is 10.2 Å². The molecule has 1 aromatic heterocycles. The van der Waals surface area contributed by atoms with Crippen molar-refractivity contribution in [2.75, 3.05) is 0 Å². The van der Waals surface area contributed by atoms with E-state index >= 15 is 0 Å². The molecular formula is C26H38N2. The van der Waals surface area contributed by atoms with Crippen LogP contribution < -0.4 is 0 Å². The molecular weight excluding hydrogens is 340 g/mol. The van der Waals surface area contributed by atoms with Crippen LogP contribution in [0, 0.1) is 11.8 Å². The number of unbranched alkanes of at least 4 members (excludes halogenated alkanes) is 3. The van der Waals surface area contributed by atoms with Gasteiger partial charge in [-0.3, -0.25) is 0 Å². The summed E-state index contributed by atoms with van der Waals surface area (Å²) in [7, 11) is 0. The normalized spacial score (nSPS) is 19.6. The SMILES string of the molecule is CCCCCCC1CCC(CCc2ccc(-c3ccc(CC)nn3)cc2)CC1. The fraction of sp³-hybridized carbons (Fsp3) is 0.615. The minimum Gasteiger partial charge on any atom is -0.155 e. The van der Waals surface area contributed by atoms with E-state index in [1.54, 1.807) is 0 Å². The first-order valence-corrected chi connectivity index (χ1v) is 11.7. The Morgan fingerprint density at radius 1 is 0.750 bits per heavy atom. The van der Waals surface area contributed by atoms with E-state index in [0.29, 0.717) is 0 Å². The van der Waals surface area contributed by atoms with E-state index in [-0.39, 0.29) is 0 Å². The van der Waals surface area contributed by atoms with Gasteiger partial charge in [0.05, 0.1) is 11.4 Å². The van der Waals surface area contributed by atoms with Crippen molar-refractivity contribution in [1.82, 2.24) is 10.2 Å². The van der Waals surface area contributed by atoms with Gasteiger partial charge in [0, 0.05) is 5.56 Å². The highest BCUT2D eigenvalue weighted by atomic mass is 15.1. The van der Waals surface area contributed by atoms with Crippen LogP contribution in [0.25, 0.3) is 11.3 Å². The third-order valence-electron chi connectivity index (χ3n) is 6.61. The van der Waals surface area contributed by atoms with Crippen molar-refractivity contribution in [1.29, 1.82) is 0 Å². The first kappa shape index (κ1) is 21.0. The summed E-state index contributed by atoms with van der Waals surface area (Å²) < 4.78 is 0. The standard InChI is InChI=1S/C26H38N2/c1-3-5-6-7-8-21-9-11-22(12-10-21)13-14-23-15-17-24(18-16-23)26-20-19-25(4-2)27-28-26/h15-22H,3-14H2,1-2H3. The van der Waals surface area contributed by atoms with Gasteiger partial charge in [-0.25, -0.2) is 0 Å². The number of aryl methyl sites for hydroxylation is 2. The lowest BCUT2D eigenvalue weighted by atomic mass is 9.77. The lowest BCUT2D eigenvalue weighted by molar-refractivity contribution is 0.249. The Labute approximate surface area is 172 Å². The van der Waals surface area contributed by atoms with E-state index < -0.39 is 0 Å².